The molecule has 1 aromatic rings. The molecule has 2 N–H and O–H groups in total. The molecule has 1 aromatic heterocycles. The molecule has 1 unspecified atom stereocenters. The van der Waals surface area contributed by atoms with Crippen molar-refractivity contribution < 1.29 is 4.79 Å². The van der Waals surface area contributed by atoms with Gasteiger partial charge in [0.25, 0.3) is 5.91 Å². The second-order valence-corrected chi connectivity index (χ2v) is 5.09. The fourth-order valence-corrected chi connectivity index (χ4v) is 2.72. The van der Waals surface area contributed by atoms with Crippen molar-refractivity contribution in [2.75, 3.05) is 32.7 Å². The van der Waals surface area contributed by atoms with E-state index in [-0.39, 0.29) is 5.91 Å². The molecule has 110 valence electrons. The summed E-state index contributed by atoms with van der Waals surface area (Å²) in [7, 11) is 0. The summed E-state index contributed by atoms with van der Waals surface area (Å²) in [6.45, 7) is 6.26. The summed E-state index contributed by atoms with van der Waals surface area (Å²) >= 11 is 0. The summed E-state index contributed by atoms with van der Waals surface area (Å²) in [5.74, 6) is 0.0251. The number of rotatable bonds is 5. The van der Waals surface area contributed by atoms with E-state index in [1.54, 1.807) is 12.4 Å². The molecule has 6 nitrogen and oxygen atoms in total. The van der Waals surface area contributed by atoms with Gasteiger partial charge in [0.05, 0.1) is 5.56 Å². The number of amides is 1. The molecule has 0 spiro atoms. The van der Waals surface area contributed by atoms with Crippen molar-refractivity contribution in [1.29, 1.82) is 0 Å². The maximum atomic E-state index is 12.3. The lowest BCUT2D eigenvalue weighted by molar-refractivity contribution is 0.0556. The van der Waals surface area contributed by atoms with Gasteiger partial charge in [-0.1, -0.05) is 6.92 Å². The van der Waals surface area contributed by atoms with Crippen molar-refractivity contribution in [2.45, 2.75) is 25.8 Å². The zero-order chi connectivity index (χ0) is 14.4. The average molecular weight is 277 g/mol. The number of carbonyl (C=O) groups excluding carboxylic acids is 1. The van der Waals surface area contributed by atoms with Gasteiger partial charge in [0, 0.05) is 44.6 Å². The number of nitrogens with zero attached hydrogens (tertiary/aromatic N) is 4. The minimum atomic E-state index is 0.0251. The van der Waals surface area contributed by atoms with Gasteiger partial charge in [-0.2, -0.15) is 0 Å². The van der Waals surface area contributed by atoms with Crippen molar-refractivity contribution in [2.24, 2.45) is 5.73 Å². The fourth-order valence-electron chi connectivity index (χ4n) is 2.72. The number of piperazine rings is 1. The van der Waals surface area contributed by atoms with Gasteiger partial charge in [-0.15, -0.1) is 0 Å². The van der Waals surface area contributed by atoms with Crippen LogP contribution >= 0.6 is 0 Å². The van der Waals surface area contributed by atoms with Gasteiger partial charge >= 0.3 is 0 Å². The Labute approximate surface area is 120 Å². The quantitative estimate of drug-likeness (QED) is 0.841. The summed E-state index contributed by atoms with van der Waals surface area (Å²) in [4.78, 5) is 24.4. The molecule has 1 aliphatic rings. The van der Waals surface area contributed by atoms with E-state index >= 15 is 0 Å². The monoisotopic (exact) mass is 277 g/mol. The Bertz CT molecular complexity index is 417. The first kappa shape index (κ1) is 14.9. The van der Waals surface area contributed by atoms with E-state index in [0.717, 1.165) is 45.6 Å². The molecule has 0 bridgehead atoms. The van der Waals surface area contributed by atoms with E-state index in [0.29, 0.717) is 11.6 Å². The van der Waals surface area contributed by atoms with E-state index in [4.69, 9.17) is 5.73 Å². The summed E-state index contributed by atoms with van der Waals surface area (Å²) < 4.78 is 0. The van der Waals surface area contributed by atoms with Gasteiger partial charge in [-0.25, -0.2) is 9.97 Å². The van der Waals surface area contributed by atoms with Gasteiger partial charge < -0.3 is 10.6 Å². The molecule has 1 atom stereocenters. The second kappa shape index (κ2) is 7.31. The van der Waals surface area contributed by atoms with Crippen molar-refractivity contribution in [3.63, 3.8) is 0 Å². The molecule has 20 heavy (non-hydrogen) atoms. The molecule has 1 saturated heterocycles. The van der Waals surface area contributed by atoms with Crippen LogP contribution in [0.5, 0.6) is 0 Å². The van der Waals surface area contributed by atoms with Crippen LogP contribution in [0, 0.1) is 0 Å². The minimum Gasteiger partial charge on any atom is -0.336 e. The molecule has 6 heteroatoms. The first-order chi connectivity index (χ1) is 9.76. The maximum absolute atomic E-state index is 12.3. The largest absolute Gasteiger partial charge is 0.336 e. The highest BCUT2D eigenvalue weighted by atomic mass is 16.2. The van der Waals surface area contributed by atoms with Gasteiger partial charge in [-0.05, 0) is 19.4 Å². The Hall–Kier alpha value is -1.53. The molecule has 2 heterocycles. The van der Waals surface area contributed by atoms with E-state index in [9.17, 15) is 4.79 Å². The Kier molecular flexibility index (Phi) is 5.43. The SMILES string of the molecule is CCC(CCN)N1CCN(C(=O)c2cncnc2)CC1. The highest BCUT2D eigenvalue weighted by molar-refractivity contribution is 5.93. The summed E-state index contributed by atoms with van der Waals surface area (Å²) in [5.41, 5.74) is 6.22. The average Bonchev–Trinajstić information content (AvgIpc) is 2.53. The van der Waals surface area contributed by atoms with Crippen LogP contribution in [0.3, 0.4) is 0 Å². The Morgan fingerprint density at radius 3 is 2.50 bits per heavy atom. The zero-order valence-corrected chi connectivity index (χ0v) is 12.0. The highest BCUT2D eigenvalue weighted by Crippen LogP contribution is 2.13. The molecule has 0 radical (unpaired) electrons. The maximum Gasteiger partial charge on any atom is 0.257 e. The summed E-state index contributed by atoms with van der Waals surface area (Å²) in [6.07, 6.45) is 6.72. The fraction of sp³-hybridized carbons (Fsp3) is 0.643. The van der Waals surface area contributed by atoms with Gasteiger partial charge in [-0.3, -0.25) is 9.69 Å². The van der Waals surface area contributed by atoms with Crippen LogP contribution in [0.4, 0.5) is 0 Å². The lowest BCUT2D eigenvalue weighted by Gasteiger charge is -2.39. The van der Waals surface area contributed by atoms with Crippen LogP contribution in [-0.4, -0.2) is 64.4 Å². The first-order valence-electron chi connectivity index (χ1n) is 7.24. The van der Waals surface area contributed by atoms with Crippen LogP contribution in [0.25, 0.3) is 0 Å². The molecule has 0 saturated carbocycles. The normalized spacial score (nSPS) is 18.0. The third kappa shape index (κ3) is 3.52. The van der Waals surface area contributed by atoms with E-state index in [2.05, 4.69) is 21.8 Å². The molecule has 1 aliphatic heterocycles. The third-order valence-electron chi connectivity index (χ3n) is 3.90. The topological polar surface area (TPSA) is 75.3 Å². The number of aromatic nitrogens is 2. The molecule has 0 aromatic carbocycles. The second-order valence-electron chi connectivity index (χ2n) is 5.09. The first-order valence-corrected chi connectivity index (χ1v) is 7.24. The predicted octanol–water partition coefficient (Wildman–Crippen LogP) is 0.362. The van der Waals surface area contributed by atoms with Gasteiger partial charge in [0.15, 0.2) is 0 Å². The Balaban J connectivity index is 1.89. The summed E-state index contributed by atoms with van der Waals surface area (Å²) in [5, 5.41) is 0. The van der Waals surface area contributed by atoms with Gasteiger partial charge in [0.1, 0.15) is 6.33 Å². The van der Waals surface area contributed by atoms with Crippen LogP contribution in [0.2, 0.25) is 0 Å². The summed E-state index contributed by atoms with van der Waals surface area (Å²) in [6, 6.07) is 0.539. The van der Waals surface area contributed by atoms with E-state index in [1.807, 2.05) is 4.90 Å². The third-order valence-corrected chi connectivity index (χ3v) is 3.90. The smallest absolute Gasteiger partial charge is 0.257 e. The van der Waals surface area contributed by atoms with E-state index in [1.165, 1.54) is 6.33 Å². The molecular formula is C14H23N5O. The highest BCUT2D eigenvalue weighted by Gasteiger charge is 2.25. The van der Waals surface area contributed by atoms with Crippen LogP contribution in [0.15, 0.2) is 18.7 Å². The number of hydrogen-bond acceptors (Lipinski definition) is 5. The lowest BCUT2D eigenvalue weighted by atomic mass is 10.1. The molecule has 1 fully saturated rings. The van der Waals surface area contributed by atoms with Gasteiger partial charge in [0.2, 0.25) is 0 Å². The number of carbonyl (C=O) groups is 1. The molecule has 0 aliphatic carbocycles. The molecule has 2 rings (SSSR count). The van der Waals surface area contributed by atoms with Crippen molar-refractivity contribution >= 4 is 5.91 Å². The Morgan fingerprint density at radius 2 is 1.95 bits per heavy atom. The van der Waals surface area contributed by atoms with Crippen molar-refractivity contribution in [3.05, 3.63) is 24.3 Å². The van der Waals surface area contributed by atoms with Crippen LogP contribution < -0.4 is 5.73 Å². The standard InChI is InChI=1S/C14H23N5O/c1-2-13(3-4-15)18-5-7-19(8-6-18)14(20)12-9-16-11-17-10-12/h9-11,13H,2-8,15H2,1H3. The number of nitrogens with two attached hydrogens (primary N) is 1. The Morgan fingerprint density at radius 1 is 1.30 bits per heavy atom. The van der Waals surface area contributed by atoms with E-state index < -0.39 is 0 Å². The molecule has 1 amide bonds. The van der Waals surface area contributed by atoms with Crippen LogP contribution in [0.1, 0.15) is 30.1 Å². The zero-order valence-electron chi connectivity index (χ0n) is 12.0. The minimum absolute atomic E-state index is 0.0251. The van der Waals surface area contributed by atoms with Crippen LogP contribution in [-0.2, 0) is 0 Å². The lowest BCUT2D eigenvalue weighted by Crippen LogP contribution is -2.52. The molecular weight excluding hydrogens is 254 g/mol. The van der Waals surface area contributed by atoms with Crippen molar-refractivity contribution in [1.82, 2.24) is 19.8 Å². The predicted molar refractivity (Wildman–Crippen MR) is 77.3 cm³/mol. The number of hydrogen-bond donors (Lipinski definition) is 1. The van der Waals surface area contributed by atoms with Crippen molar-refractivity contribution in [3.8, 4) is 0 Å².